The number of furan rings is 1. The van der Waals surface area contributed by atoms with Gasteiger partial charge < -0.3 is 4.42 Å². The number of rotatable bonds is 6. The molecule has 9 heteroatoms. The first-order valence-electron chi connectivity index (χ1n) is 9.91. The maximum Gasteiger partial charge on any atom is 0.260 e. The third kappa shape index (κ3) is 4.30. The molecule has 0 bridgehead atoms. The van der Waals surface area contributed by atoms with Crippen LogP contribution < -0.4 is 4.90 Å². The highest BCUT2D eigenvalue weighted by Gasteiger charge is 2.26. The number of nitrogens with zero attached hydrogens (tertiary/aromatic N) is 2. The third-order valence-electron chi connectivity index (χ3n) is 5.04. The lowest BCUT2D eigenvalue weighted by Crippen LogP contribution is -2.30. The molecule has 4 rings (SSSR count). The quantitative estimate of drug-likeness (QED) is 0.338. The Morgan fingerprint density at radius 2 is 1.97 bits per heavy atom. The van der Waals surface area contributed by atoms with Gasteiger partial charge in [0, 0.05) is 10.6 Å². The van der Waals surface area contributed by atoms with E-state index < -0.39 is 15.1 Å². The Hall–Kier alpha value is -2.68. The zero-order chi connectivity index (χ0) is 23.0. The molecular weight excluding hydrogens is 468 g/mol. The van der Waals surface area contributed by atoms with Crippen molar-refractivity contribution in [2.75, 3.05) is 4.90 Å². The summed E-state index contributed by atoms with van der Waals surface area (Å²) in [7, 11) is -3.52. The molecule has 0 aliphatic rings. The van der Waals surface area contributed by atoms with Gasteiger partial charge in [0.05, 0.1) is 33.2 Å². The zero-order valence-electron chi connectivity index (χ0n) is 17.7. The Bertz CT molecular complexity index is 1390. The second-order valence-electron chi connectivity index (χ2n) is 7.66. The molecule has 0 fully saturated rings. The van der Waals surface area contributed by atoms with E-state index in [1.54, 1.807) is 38.1 Å². The smallest absolute Gasteiger partial charge is 0.260 e. The Labute approximate surface area is 195 Å². The van der Waals surface area contributed by atoms with Crippen molar-refractivity contribution in [2.45, 2.75) is 37.5 Å². The second kappa shape index (κ2) is 8.69. The number of aryl methyl sites for hydroxylation is 1. The maximum absolute atomic E-state index is 13.6. The summed E-state index contributed by atoms with van der Waals surface area (Å²) in [5, 5.41) is 0.480. The molecule has 0 spiro atoms. The number of thiazole rings is 1. The van der Waals surface area contributed by atoms with Gasteiger partial charge in [0.15, 0.2) is 15.0 Å². The fourth-order valence-electron chi connectivity index (χ4n) is 3.28. The summed E-state index contributed by atoms with van der Waals surface area (Å²) in [5.74, 6) is 0.211. The molecule has 6 nitrogen and oxygen atoms in total. The van der Waals surface area contributed by atoms with Gasteiger partial charge in [0.1, 0.15) is 5.76 Å². The number of anilines is 1. The van der Waals surface area contributed by atoms with Crippen molar-refractivity contribution in [3.63, 3.8) is 0 Å². The summed E-state index contributed by atoms with van der Waals surface area (Å²) in [6.07, 6.45) is 1.54. The molecule has 2 heterocycles. The maximum atomic E-state index is 13.6. The minimum Gasteiger partial charge on any atom is -0.467 e. The van der Waals surface area contributed by atoms with Crippen molar-refractivity contribution < 1.29 is 17.6 Å². The fraction of sp³-hybridized carbons (Fsp3) is 0.217. The number of amides is 1. The van der Waals surface area contributed by atoms with Crippen LogP contribution in [0, 0.1) is 6.92 Å². The standard InChI is InChI=1S/C23H21ClN2O4S2/c1-14(2)32(28,29)19-8-4-6-16(11-19)22(27)26(13-18-7-5-9-30-18)23-25-21-15(3)10-17(24)12-20(21)31-23/h4-12,14H,13H2,1-3H3. The third-order valence-corrected chi connectivity index (χ3v) is 8.43. The summed E-state index contributed by atoms with van der Waals surface area (Å²) < 4.78 is 31.6. The van der Waals surface area contributed by atoms with Crippen LogP contribution >= 0.6 is 22.9 Å². The fourth-order valence-corrected chi connectivity index (χ4v) is 5.80. The number of hydrogen-bond acceptors (Lipinski definition) is 6. The number of carbonyl (C=O) groups is 1. The molecular formula is C23H21ClN2O4S2. The van der Waals surface area contributed by atoms with Crippen molar-refractivity contribution in [3.05, 3.63) is 76.7 Å². The molecule has 0 N–H and O–H groups in total. The molecule has 4 aromatic rings. The predicted molar refractivity (Wildman–Crippen MR) is 127 cm³/mol. The summed E-state index contributed by atoms with van der Waals surface area (Å²) in [5.41, 5.74) is 1.93. The second-order valence-corrected chi connectivity index (χ2v) is 11.6. The zero-order valence-corrected chi connectivity index (χ0v) is 20.1. The van der Waals surface area contributed by atoms with Crippen molar-refractivity contribution >= 4 is 54.0 Å². The molecule has 0 radical (unpaired) electrons. The monoisotopic (exact) mass is 488 g/mol. The minimum atomic E-state index is -3.52. The van der Waals surface area contributed by atoms with E-state index in [2.05, 4.69) is 4.98 Å². The van der Waals surface area contributed by atoms with Crippen LogP contribution in [0.2, 0.25) is 5.02 Å². The van der Waals surface area contributed by atoms with Crippen molar-refractivity contribution in [1.29, 1.82) is 0 Å². The van der Waals surface area contributed by atoms with Gasteiger partial charge in [-0.2, -0.15) is 0 Å². The highest BCUT2D eigenvalue weighted by atomic mass is 35.5. The number of halogens is 1. The Morgan fingerprint density at radius 1 is 1.19 bits per heavy atom. The molecule has 0 unspecified atom stereocenters. The van der Waals surface area contributed by atoms with E-state index in [4.69, 9.17) is 16.0 Å². The van der Waals surface area contributed by atoms with Crippen LogP contribution in [0.5, 0.6) is 0 Å². The van der Waals surface area contributed by atoms with Gasteiger partial charge in [0.2, 0.25) is 0 Å². The average molecular weight is 489 g/mol. The molecule has 0 atom stereocenters. The Morgan fingerprint density at radius 3 is 2.66 bits per heavy atom. The van der Waals surface area contributed by atoms with Gasteiger partial charge in [-0.05, 0) is 68.8 Å². The first-order valence-corrected chi connectivity index (χ1v) is 12.7. The van der Waals surface area contributed by atoms with E-state index in [1.165, 1.54) is 34.6 Å². The summed E-state index contributed by atoms with van der Waals surface area (Å²) in [4.78, 5) is 19.9. The molecule has 166 valence electrons. The Balaban J connectivity index is 1.80. The van der Waals surface area contributed by atoms with Crippen LogP contribution in [0.3, 0.4) is 0 Å². The van der Waals surface area contributed by atoms with Crippen molar-refractivity contribution in [2.24, 2.45) is 0 Å². The lowest BCUT2D eigenvalue weighted by molar-refractivity contribution is 0.0983. The van der Waals surface area contributed by atoms with Crippen molar-refractivity contribution in [1.82, 2.24) is 4.98 Å². The number of sulfone groups is 1. The van der Waals surface area contributed by atoms with Crippen LogP contribution in [0.1, 0.15) is 35.5 Å². The number of carbonyl (C=O) groups excluding carboxylic acids is 1. The number of benzene rings is 2. The van der Waals surface area contributed by atoms with E-state index in [0.29, 0.717) is 15.9 Å². The average Bonchev–Trinajstić information content (AvgIpc) is 3.41. The minimum absolute atomic E-state index is 0.114. The SMILES string of the molecule is Cc1cc(Cl)cc2sc(N(Cc3ccco3)C(=O)c3cccc(S(=O)(=O)C(C)C)c3)nc12. The lowest BCUT2D eigenvalue weighted by atomic mass is 10.2. The molecule has 0 aliphatic heterocycles. The van der Waals surface area contributed by atoms with Crippen LogP contribution in [-0.2, 0) is 16.4 Å². The predicted octanol–water partition coefficient (Wildman–Crippen LogP) is 5.88. The van der Waals surface area contributed by atoms with Crippen LogP contribution in [-0.4, -0.2) is 24.6 Å². The van der Waals surface area contributed by atoms with Gasteiger partial charge >= 0.3 is 0 Å². The highest BCUT2D eigenvalue weighted by Crippen LogP contribution is 2.34. The largest absolute Gasteiger partial charge is 0.467 e. The normalized spacial score (nSPS) is 11.9. The molecule has 32 heavy (non-hydrogen) atoms. The van der Waals surface area contributed by atoms with Crippen LogP contribution in [0.15, 0.2) is 64.1 Å². The summed E-state index contributed by atoms with van der Waals surface area (Å²) in [6.45, 7) is 5.29. The van der Waals surface area contributed by atoms with Crippen molar-refractivity contribution in [3.8, 4) is 0 Å². The molecule has 2 aromatic carbocycles. The Kier molecular flexibility index (Phi) is 6.11. The van der Waals surface area contributed by atoms with E-state index in [9.17, 15) is 13.2 Å². The van der Waals surface area contributed by atoms with E-state index in [-0.39, 0.29) is 22.9 Å². The molecule has 0 saturated heterocycles. The van der Waals surface area contributed by atoms with Gasteiger partial charge in [-0.1, -0.05) is 29.0 Å². The van der Waals surface area contributed by atoms with Crippen LogP contribution in [0.4, 0.5) is 5.13 Å². The van der Waals surface area contributed by atoms with Gasteiger partial charge in [-0.3, -0.25) is 9.69 Å². The topological polar surface area (TPSA) is 80.5 Å². The molecule has 1 amide bonds. The van der Waals surface area contributed by atoms with Gasteiger partial charge in [-0.25, -0.2) is 13.4 Å². The first kappa shape index (κ1) is 22.5. The molecule has 2 aromatic heterocycles. The van der Waals surface area contributed by atoms with E-state index in [0.717, 1.165) is 15.8 Å². The highest BCUT2D eigenvalue weighted by molar-refractivity contribution is 7.92. The molecule has 0 aliphatic carbocycles. The van der Waals surface area contributed by atoms with Gasteiger partial charge in [0.25, 0.3) is 5.91 Å². The summed E-state index contributed by atoms with van der Waals surface area (Å²) in [6, 6.07) is 13.3. The number of fused-ring (bicyclic) bond motifs is 1. The molecule has 0 saturated carbocycles. The van der Waals surface area contributed by atoms with E-state index >= 15 is 0 Å². The van der Waals surface area contributed by atoms with Gasteiger partial charge in [-0.15, -0.1) is 0 Å². The van der Waals surface area contributed by atoms with Crippen LogP contribution in [0.25, 0.3) is 10.2 Å². The number of hydrogen-bond donors (Lipinski definition) is 0. The lowest BCUT2D eigenvalue weighted by Gasteiger charge is -2.19. The van der Waals surface area contributed by atoms with E-state index in [1.807, 2.05) is 19.1 Å². The number of aromatic nitrogens is 1. The first-order chi connectivity index (χ1) is 15.2. The summed E-state index contributed by atoms with van der Waals surface area (Å²) >= 11 is 7.54.